The molecular weight excluding hydrogens is 206 g/mol. The molecule has 2 N–H and O–H groups in total. The molecule has 2 fully saturated rings. The summed E-state index contributed by atoms with van der Waals surface area (Å²) in [5, 5.41) is 11.9. The molecule has 0 saturated carbocycles. The molecule has 5 nitrogen and oxygen atoms in total. The Labute approximate surface area is 82.4 Å². The first kappa shape index (κ1) is 9.92. The minimum Gasteiger partial charge on any atom is -0.481 e. The molecule has 0 aliphatic carbocycles. The third-order valence-corrected chi connectivity index (χ3v) is 6.02. The maximum Gasteiger partial charge on any atom is 0.308 e. The van der Waals surface area contributed by atoms with E-state index in [1.165, 1.54) is 0 Å². The number of hydrogen-bond donors (Lipinski definition) is 2. The van der Waals surface area contributed by atoms with E-state index >= 15 is 0 Å². The van der Waals surface area contributed by atoms with Crippen LogP contribution >= 0.6 is 0 Å². The Morgan fingerprint density at radius 3 is 2.71 bits per heavy atom. The fraction of sp³-hybridized carbons (Fsp3) is 0.875. The molecule has 1 spiro atoms. The maximum absolute atomic E-state index is 11.8. The molecule has 2 rings (SSSR count). The van der Waals surface area contributed by atoms with E-state index in [-0.39, 0.29) is 12.2 Å². The van der Waals surface area contributed by atoms with Crippen molar-refractivity contribution in [3.8, 4) is 0 Å². The highest BCUT2D eigenvalue weighted by Crippen LogP contribution is 2.42. The maximum atomic E-state index is 11.8. The molecule has 2 atom stereocenters. The molecule has 2 saturated heterocycles. The summed E-state index contributed by atoms with van der Waals surface area (Å²) >= 11 is 0. The first-order valence-electron chi connectivity index (χ1n) is 4.65. The number of rotatable bonds is 1. The second-order valence-corrected chi connectivity index (χ2v) is 6.44. The minimum atomic E-state index is -3.22. The molecule has 0 aromatic carbocycles. The second-order valence-electron chi connectivity index (χ2n) is 3.99. The summed E-state index contributed by atoms with van der Waals surface area (Å²) in [5.74, 6) is -1.68. The van der Waals surface area contributed by atoms with Crippen LogP contribution in [0.3, 0.4) is 0 Å². The van der Waals surface area contributed by atoms with E-state index in [1.54, 1.807) is 0 Å². The number of carboxylic acids is 1. The molecule has 6 heteroatoms. The number of carbonyl (C=O) groups is 1. The van der Waals surface area contributed by atoms with Crippen LogP contribution in [0.1, 0.15) is 12.8 Å². The van der Waals surface area contributed by atoms with Crippen LogP contribution in [-0.4, -0.2) is 43.1 Å². The van der Waals surface area contributed by atoms with E-state index in [9.17, 15) is 13.2 Å². The molecule has 0 bridgehead atoms. The Hall–Kier alpha value is -0.620. The average Bonchev–Trinajstić information content (AvgIpc) is 2.61. The zero-order chi connectivity index (χ0) is 10.4. The normalized spacial score (nSPS) is 40.4. The van der Waals surface area contributed by atoms with Crippen LogP contribution < -0.4 is 5.32 Å². The van der Waals surface area contributed by atoms with E-state index in [0.29, 0.717) is 19.5 Å². The lowest BCUT2D eigenvalue weighted by Gasteiger charge is -2.25. The van der Waals surface area contributed by atoms with Gasteiger partial charge >= 0.3 is 5.97 Å². The standard InChI is InChI=1S/C8H13NO4S/c10-7(11)6-1-4-14(12,13)8(6)2-3-9-5-8/h6,9H,1-5H2,(H,10,11)/t6-,8+/m1/s1. The van der Waals surface area contributed by atoms with E-state index < -0.39 is 26.5 Å². The summed E-state index contributed by atoms with van der Waals surface area (Å²) in [5.41, 5.74) is 0. The van der Waals surface area contributed by atoms with Crippen molar-refractivity contribution >= 4 is 15.8 Å². The van der Waals surface area contributed by atoms with Gasteiger partial charge in [-0.2, -0.15) is 0 Å². The van der Waals surface area contributed by atoms with Crippen LogP contribution in [0.5, 0.6) is 0 Å². The Morgan fingerprint density at radius 1 is 1.50 bits per heavy atom. The Balaban J connectivity index is 2.44. The van der Waals surface area contributed by atoms with Gasteiger partial charge in [-0.05, 0) is 19.4 Å². The fourth-order valence-electron chi connectivity index (χ4n) is 2.56. The van der Waals surface area contributed by atoms with E-state index in [0.717, 1.165) is 0 Å². The summed E-state index contributed by atoms with van der Waals surface area (Å²) in [7, 11) is -3.22. The third-order valence-electron chi connectivity index (χ3n) is 3.38. The van der Waals surface area contributed by atoms with Crippen molar-refractivity contribution in [3.05, 3.63) is 0 Å². The van der Waals surface area contributed by atoms with Crippen LogP contribution in [-0.2, 0) is 14.6 Å². The quantitative estimate of drug-likeness (QED) is 0.605. The molecule has 0 amide bonds. The lowest BCUT2D eigenvalue weighted by molar-refractivity contribution is -0.142. The molecule has 2 heterocycles. The smallest absolute Gasteiger partial charge is 0.308 e. The number of sulfone groups is 1. The molecule has 14 heavy (non-hydrogen) atoms. The number of nitrogens with one attached hydrogen (secondary N) is 1. The van der Waals surface area contributed by atoms with Gasteiger partial charge in [0.05, 0.1) is 16.4 Å². The monoisotopic (exact) mass is 219 g/mol. The van der Waals surface area contributed by atoms with Gasteiger partial charge in [0.2, 0.25) is 0 Å². The van der Waals surface area contributed by atoms with Crippen LogP contribution in [0.15, 0.2) is 0 Å². The SMILES string of the molecule is O=C(O)[C@H]1CCS(=O)(=O)[C@]12CCNC2. The van der Waals surface area contributed by atoms with E-state index in [1.807, 2.05) is 0 Å². The van der Waals surface area contributed by atoms with E-state index in [4.69, 9.17) is 5.11 Å². The van der Waals surface area contributed by atoms with Gasteiger partial charge in [-0.1, -0.05) is 0 Å². The van der Waals surface area contributed by atoms with Gasteiger partial charge < -0.3 is 10.4 Å². The lowest BCUT2D eigenvalue weighted by atomic mass is 9.89. The van der Waals surface area contributed by atoms with Crippen molar-refractivity contribution < 1.29 is 18.3 Å². The lowest BCUT2D eigenvalue weighted by Crippen LogP contribution is -2.45. The Bertz CT molecular complexity index is 356. The summed E-state index contributed by atoms with van der Waals surface area (Å²) in [6.45, 7) is 0.898. The molecule has 0 unspecified atom stereocenters. The van der Waals surface area contributed by atoms with Crippen molar-refractivity contribution in [1.29, 1.82) is 0 Å². The van der Waals surface area contributed by atoms with Gasteiger partial charge in [-0.25, -0.2) is 8.42 Å². The van der Waals surface area contributed by atoms with Gasteiger partial charge in [0.1, 0.15) is 0 Å². The summed E-state index contributed by atoms with van der Waals surface area (Å²) in [6, 6.07) is 0. The Morgan fingerprint density at radius 2 is 2.21 bits per heavy atom. The van der Waals surface area contributed by atoms with Gasteiger partial charge in [0.15, 0.2) is 9.84 Å². The third kappa shape index (κ3) is 1.10. The highest BCUT2D eigenvalue weighted by molar-refractivity contribution is 7.93. The van der Waals surface area contributed by atoms with Crippen LogP contribution in [0, 0.1) is 5.92 Å². The van der Waals surface area contributed by atoms with Crippen LogP contribution in [0.4, 0.5) is 0 Å². The topological polar surface area (TPSA) is 83.5 Å². The highest BCUT2D eigenvalue weighted by atomic mass is 32.2. The zero-order valence-electron chi connectivity index (χ0n) is 7.69. The van der Waals surface area contributed by atoms with Gasteiger partial charge in [-0.15, -0.1) is 0 Å². The molecule has 2 aliphatic heterocycles. The minimum absolute atomic E-state index is 0.0195. The zero-order valence-corrected chi connectivity index (χ0v) is 8.51. The highest BCUT2D eigenvalue weighted by Gasteiger charge is 2.58. The average molecular weight is 219 g/mol. The molecule has 2 aliphatic rings. The van der Waals surface area contributed by atoms with Crippen molar-refractivity contribution in [2.45, 2.75) is 17.6 Å². The molecular formula is C8H13NO4S. The molecule has 0 radical (unpaired) electrons. The second kappa shape index (κ2) is 2.93. The largest absolute Gasteiger partial charge is 0.481 e. The van der Waals surface area contributed by atoms with E-state index in [2.05, 4.69) is 5.32 Å². The van der Waals surface area contributed by atoms with Gasteiger partial charge in [0.25, 0.3) is 0 Å². The molecule has 80 valence electrons. The predicted molar refractivity (Wildman–Crippen MR) is 49.7 cm³/mol. The number of aliphatic carboxylic acids is 1. The summed E-state index contributed by atoms with van der Waals surface area (Å²) in [4.78, 5) is 11.0. The first-order valence-corrected chi connectivity index (χ1v) is 6.31. The van der Waals surface area contributed by atoms with Gasteiger partial charge in [-0.3, -0.25) is 4.79 Å². The Kier molecular flexibility index (Phi) is 2.08. The number of hydrogen-bond acceptors (Lipinski definition) is 4. The predicted octanol–water partition coefficient (Wildman–Crippen LogP) is -0.762. The summed E-state index contributed by atoms with van der Waals surface area (Å²) < 4.78 is 22.6. The van der Waals surface area contributed by atoms with Gasteiger partial charge in [0, 0.05) is 6.54 Å². The van der Waals surface area contributed by atoms with Crippen LogP contribution in [0.25, 0.3) is 0 Å². The summed E-state index contributed by atoms with van der Waals surface area (Å²) in [6.07, 6.45) is 0.700. The number of carboxylic acid groups (broad SMARTS) is 1. The van der Waals surface area contributed by atoms with Crippen molar-refractivity contribution in [1.82, 2.24) is 5.32 Å². The molecule has 0 aromatic rings. The van der Waals surface area contributed by atoms with Crippen molar-refractivity contribution in [2.75, 3.05) is 18.8 Å². The first-order chi connectivity index (χ1) is 6.50. The molecule has 0 aromatic heterocycles. The fourth-order valence-corrected chi connectivity index (χ4v) is 4.90. The van der Waals surface area contributed by atoms with Crippen molar-refractivity contribution in [2.24, 2.45) is 5.92 Å². The van der Waals surface area contributed by atoms with Crippen LogP contribution in [0.2, 0.25) is 0 Å². The van der Waals surface area contributed by atoms with Crippen molar-refractivity contribution in [3.63, 3.8) is 0 Å².